The maximum atomic E-state index is 13.5. The van der Waals surface area contributed by atoms with Gasteiger partial charge in [0.25, 0.3) is 5.91 Å². The fourth-order valence-corrected chi connectivity index (χ4v) is 3.19. The molecule has 1 saturated heterocycles. The molecule has 5 nitrogen and oxygen atoms in total. The van der Waals surface area contributed by atoms with Crippen LogP contribution in [0.1, 0.15) is 5.69 Å². The number of anilines is 1. The van der Waals surface area contributed by atoms with Crippen LogP contribution >= 0.6 is 11.8 Å². The van der Waals surface area contributed by atoms with E-state index in [1.807, 2.05) is 0 Å². The molecule has 3 rings (SSSR count). The summed E-state index contributed by atoms with van der Waals surface area (Å²) in [7, 11) is 0. The van der Waals surface area contributed by atoms with E-state index >= 15 is 0 Å². The van der Waals surface area contributed by atoms with Gasteiger partial charge in [-0.2, -0.15) is 13.2 Å². The van der Waals surface area contributed by atoms with Crippen LogP contribution in [0.15, 0.2) is 23.2 Å². The lowest BCUT2D eigenvalue weighted by atomic mass is 10.1. The Balaban J connectivity index is 2.04. The van der Waals surface area contributed by atoms with E-state index in [1.165, 1.54) is 6.07 Å². The van der Waals surface area contributed by atoms with Crippen molar-refractivity contribution in [1.29, 1.82) is 0 Å². The van der Waals surface area contributed by atoms with Gasteiger partial charge in [-0.25, -0.2) is 9.98 Å². The summed E-state index contributed by atoms with van der Waals surface area (Å²) in [5.74, 6) is -0.573. The molecule has 0 radical (unpaired) electrons. The van der Waals surface area contributed by atoms with Gasteiger partial charge in [-0.3, -0.25) is 9.69 Å². The molecule has 3 heterocycles. The lowest BCUT2D eigenvalue weighted by Gasteiger charge is -2.29. The normalized spacial score (nSPS) is 25.0. The zero-order valence-electron chi connectivity index (χ0n) is 10.9. The fraction of sp³-hybridized carbons (Fsp3) is 0.417. The van der Waals surface area contributed by atoms with Crippen LogP contribution in [-0.2, 0) is 4.79 Å². The molecule has 2 aliphatic heterocycles. The van der Waals surface area contributed by atoms with Crippen LogP contribution in [0.2, 0.25) is 0 Å². The van der Waals surface area contributed by atoms with E-state index in [9.17, 15) is 18.0 Å². The Hall–Kier alpha value is -1.77. The quantitative estimate of drug-likeness (QED) is 0.907. The average molecular weight is 316 g/mol. The van der Waals surface area contributed by atoms with Gasteiger partial charge >= 0.3 is 11.8 Å². The van der Waals surface area contributed by atoms with Gasteiger partial charge in [0.15, 0.2) is 5.17 Å². The van der Waals surface area contributed by atoms with Crippen LogP contribution in [0.4, 0.5) is 19.0 Å². The maximum absolute atomic E-state index is 13.5. The highest BCUT2D eigenvalue weighted by Crippen LogP contribution is 2.42. The number of aryl methyl sites for hydroxylation is 1. The third-order valence-corrected chi connectivity index (χ3v) is 4.16. The minimum atomic E-state index is -4.85. The van der Waals surface area contributed by atoms with Crippen LogP contribution in [0.3, 0.4) is 0 Å². The summed E-state index contributed by atoms with van der Waals surface area (Å²) >= 11 is 1.14. The van der Waals surface area contributed by atoms with Crippen molar-refractivity contribution in [2.24, 2.45) is 4.99 Å². The molecule has 1 aromatic heterocycles. The highest BCUT2D eigenvalue weighted by Gasteiger charge is 2.67. The molecule has 0 bridgehead atoms. The Bertz CT molecular complexity index is 633. The number of carbonyl (C=O) groups excluding carboxylic acids is 1. The number of thioether (sulfide) groups is 1. The highest BCUT2D eigenvalue weighted by molar-refractivity contribution is 8.14. The van der Waals surface area contributed by atoms with Gasteiger partial charge in [0.2, 0.25) is 0 Å². The van der Waals surface area contributed by atoms with E-state index in [1.54, 1.807) is 19.1 Å². The summed E-state index contributed by atoms with van der Waals surface area (Å²) in [6.45, 7) is 1.89. The topological polar surface area (TPSA) is 57.6 Å². The first-order chi connectivity index (χ1) is 9.83. The lowest BCUT2D eigenvalue weighted by molar-refractivity contribution is -0.185. The van der Waals surface area contributed by atoms with E-state index in [0.717, 1.165) is 16.7 Å². The molecule has 0 unspecified atom stereocenters. The van der Waals surface area contributed by atoms with Crippen molar-refractivity contribution in [1.82, 2.24) is 9.88 Å². The molecule has 1 atom stereocenters. The van der Waals surface area contributed by atoms with E-state index in [0.29, 0.717) is 11.4 Å². The zero-order chi connectivity index (χ0) is 15.3. The van der Waals surface area contributed by atoms with E-state index < -0.39 is 17.7 Å². The molecule has 1 amide bonds. The zero-order valence-corrected chi connectivity index (χ0v) is 11.8. The molecule has 1 fully saturated rings. The molecule has 0 aliphatic carbocycles. The average Bonchev–Trinajstić information content (AvgIpc) is 2.92. The van der Waals surface area contributed by atoms with E-state index in [2.05, 4.69) is 15.3 Å². The van der Waals surface area contributed by atoms with Crippen LogP contribution in [0, 0.1) is 6.92 Å². The number of halogens is 3. The summed E-state index contributed by atoms with van der Waals surface area (Å²) < 4.78 is 40.5. The van der Waals surface area contributed by atoms with Crippen molar-refractivity contribution in [3.8, 4) is 0 Å². The molecule has 1 aromatic rings. The number of hydrogen-bond acceptors (Lipinski definition) is 5. The third-order valence-electron chi connectivity index (χ3n) is 3.20. The predicted molar refractivity (Wildman–Crippen MR) is 73.0 cm³/mol. The molecule has 0 saturated carbocycles. The predicted octanol–water partition coefficient (Wildman–Crippen LogP) is 2.01. The Morgan fingerprint density at radius 1 is 1.43 bits per heavy atom. The Morgan fingerprint density at radius 2 is 2.19 bits per heavy atom. The number of amidine groups is 1. The molecule has 0 spiro atoms. The fourth-order valence-electron chi connectivity index (χ4n) is 2.20. The monoisotopic (exact) mass is 316 g/mol. The molecular formula is C12H11F3N4OS. The van der Waals surface area contributed by atoms with E-state index in [4.69, 9.17) is 0 Å². The lowest BCUT2D eigenvalue weighted by Crippen LogP contribution is -2.57. The molecular weight excluding hydrogens is 305 g/mol. The molecule has 1 N–H and O–H groups in total. The van der Waals surface area contributed by atoms with Crippen molar-refractivity contribution in [2.45, 2.75) is 18.8 Å². The number of fused-ring (bicyclic) bond motifs is 1. The van der Waals surface area contributed by atoms with Gasteiger partial charge in [-0.15, -0.1) is 0 Å². The van der Waals surface area contributed by atoms with Gasteiger partial charge in [0, 0.05) is 18.0 Å². The minimum Gasteiger partial charge on any atom is -0.331 e. The van der Waals surface area contributed by atoms with Crippen molar-refractivity contribution in [3.63, 3.8) is 0 Å². The summed E-state index contributed by atoms with van der Waals surface area (Å²) in [5, 5.41) is 2.29. The summed E-state index contributed by atoms with van der Waals surface area (Å²) in [6.07, 6.45) is -4.85. The van der Waals surface area contributed by atoms with Crippen LogP contribution < -0.4 is 5.32 Å². The largest absolute Gasteiger partial charge is 0.442 e. The number of aromatic nitrogens is 1. The maximum Gasteiger partial charge on any atom is 0.442 e. The smallest absolute Gasteiger partial charge is 0.331 e. The number of aliphatic imine (C=N–C) groups is 1. The molecule has 112 valence electrons. The highest BCUT2D eigenvalue weighted by atomic mass is 32.2. The van der Waals surface area contributed by atoms with Crippen molar-refractivity contribution in [3.05, 3.63) is 23.9 Å². The van der Waals surface area contributed by atoms with Gasteiger partial charge in [0.1, 0.15) is 5.82 Å². The van der Waals surface area contributed by atoms with Gasteiger partial charge in [-0.05, 0) is 19.1 Å². The van der Waals surface area contributed by atoms with Gasteiger partial charge < -0.3 is 5.32 Å². The second-order valence-corrected chi connectivity index (χ2v) is 5.76. The number of carbonyl (C=O) groups is 1. The number of amides is 1. The number of nitrogens with zero attached hydrogens (tertiary/aromatic N) is 3. The van der Waals surface area contributed by atoms with E-state index in [-0.39, 0.29) is 17.5 Å². The standard InChI is InChI=1S/C12H11F3N4OS/c1-7-3-2-4-8(16-7)17-11(12(13,14)15)9(20)19-5-6-21-10(19)18-11/h2-4H,5-6H2,1H3,(H,16,17)/t11-/m1/s1. The molecule has 21 heavy (non-hydrogen) atoms. The number of alkyl halides is 3. The van der Waals surface area contributed by atoms with Crippen LogP contribution in [0.25, 0.3) is 0 Å². The summed E-state index contributed by atoms with van der Waals surface area (Å²) in [4.78, 5) is 20.9. The van der Waals surface area contributed by atoms with Crippen molar-refractivity contribution < 1.29 is 18.0 Å². The van der Waals surface area contributed by atoms with Crippen LogP contribution in [0.5, 0.6) is 0 Å². The first-order valence-corrected chi connectivity index (χ1v) is 7.15. The Kier molecular flexibility index (Phi) is 3.12. The second-order valence-electron chi connectivity index (χ2n) is 4.70. The SMILES string of the molecule is Cc1cccc(N[C@@]2(C(F)(F)F)N=C3SCCN3C2=O)n1. The first kappa shape index (κ1) is 14.2. The number of pyridine rings is 1. The number of hydrogen-bond donors (Lipinski definition) is 1. The van der Waals surface area contributed by atoms with Crippen molar-refractivity contribution >= 4 is 28.7 Å². The third kappa shape index (κ3) is 2.15. The van der Waals surface area contributed by atoms with Crippen LogP contribution in [-0.4, -0.2) is 45.1 Å². The molecule has 9 heteroatoms. The Labute approximate surface area is 122 Å². The number of nitrogens with one attached hydrogen (secondary N) is 1. The summed E-state index contributed by atoms with van der Waals surface area (Å²) in [6, 6.07) is 4.60. The molecule has 2 aliphatic rings. The first-order valence-electron chi connectivity index (χ1n) is 6.17. The number of rotatable bonds is 2. The Morgan fingerprint density at radius 3 is 2.81 bits per heavy atom. The summed E-state index contributed by atoms with van der Waals surface area (Å²) in [5.41, 5.74) is -2.43. The van der Waals surface area contributed by atoms with Gasteiger partial charge in [0.05, 0.1) is 0 Å². The second kappa shape index (κ2) is 4.62. The van der Waals surface area contributed by atoms with Gasteiger partial charge in [-0.1, -0.05) is 17.8 Å². The molecule has 0 aromatic carbocycles. The minimum absolute atomic E-state index is 0.0313. The van der Waals surface area contributed by atoms with Crippen molar-refractivity contribution in [2.75, 3.05) is 17.6 Å².